The van der Waals surface area contributed by atoms with Crippen LogP contribution in [-0.2, 0) is 19.6 Å². The van der Waals surface area contributed by atoms with E-state index in [1.807, 2.05) is 0 Å². The Morgan fingerprint density at radius 2 is 2.15 bits per heavy atom. The van der Waals surface area contributed by atoms with Crippen molar-refractivity contribution in [3.63, 3.8) is 0 Å². The quantitative estimate of drug-likeness (QED) is 0.560. The van der Waals surface area contributed by atoms with Gasteiger partial charge in [-0.3, -0.25) is 0 Å². The van der Waals surface area contributed by atoms with Crippen LogP contribution >= 0.6 is 0 Å². The van der Waals surface area contributed by atoms with Crippen LogP contribution < -0.4 is 10.6 Å². The first-order valence-corrected chi connectivity index (χ1v) is 8.63. The van der Waals surface area contributed by atoms with Crippen molar-refractivity contribution in [1.29, 1.82) is 0 Å². The second-order valence-electron chi connectivity index (χ2n) is 6.35. The fraction of sp³-hybridized carbons (Fsp3) is 0.600. The molecule has 2 heterocycles. The third-order valence-electron chi connectivity index (χ3n) is 4.48. The van der Waals surface area contributed by atoms with Crippen LogP contribution in [0.25, 0.3) is 0 Å². The van der Waals surface area contributed by atoms with E-state index in [9.17, 15) is 14.9 Å². The van der Waals surface area contributed by atoms with Crippen molar-refractivity contribution >= 4 is 11.8 Å². The third kappa shape index (κ3) is 4.35. The summed E-state index contributed by atoms with van der Waals surface area (Å²) < 4.78 is 3.11. The molecule has 0 bridgehead atoms. The number of urea groups is 1. The van der Waals surface area contributed by atoms with Gasteiger partial charge in [-0.2, -0.15) is 0 Å². The highest BCUT2D eigenvalue weighted by atomic mass is 16.6. The Hall–Kier alpha value is -2.98. The minimum Gasteiger partial charge on any atom is -0.358 e. The van der Waals surface area contributed by atoms with Gasteiger partial charge >= 0.3 is 11.8 Å². The van der Waals surface area contributed by atoms with Crippen LogP contribution in [0.15, 0.2) is 12.4 Å². The molecule has 2 amide bonds. The number of hydrogen-bond donors (Lipinski definition) is 2. The van der Waals surface area contributed by atoms with Gasteiger partial charge in [0, 0.05) is 13.0 Å². The molecule has 140 valence electrons. The number of hydrogen-bond acceptors (Lipinski definition) is 6. The Kier molecular flexibility index (Phi) is 5.44. The molecule has 1 aliphatic carbocycles. The predicted octanol–water partition coefficient (Wildman–Crippen LogP) is 1.13. The zero-order chi connectivity index (χ0) is 18.5. The highest BCUT2D eigenvalue weighted by molar-refractivity contribution is 5.74. The molecule has 2 aromatic heterocycles. The summed E-state index contributed by atoms with van der Waals surface area (Å²) >= 11 is 0. The van der Waals surface area contributed by atoms with Gasteiger partial charge in [-0.25, -0.2) is 19.0 Å². The molecule has 2 N–H and O–H groups in total. The number of amides is 2. The Morgan fingerprint density at radius 1 is 1.38 bits per heavy atom. The molecule has 0 spiro atoms. The maximum Gasteiger partial charge on any atom is 0.342 e. The van der Waals surface area contributed by atoms with Gasteiger partial charge in [0.05, 0.1) is 19.3 Å². The summed E-state index contributed by atoms with van der Waals surface area (Å²) in [5.74, 6) is 0.523. The summed E-state index contributed by atoms with van der Waals surface area (Å²) in [6.45, 7) is 2.77. The van der Waals surface area contributed by atoms with Crippen molar-refractivity contribution < 1.29 is 9.72 Å². The van der Waals surface area contributed by atoms with E-state index in [4.69, 9.17) is 0 Å². The standard InChI is InChI=1S/C15H22N8O3/c1-11-16-9-14(23(25)26)22(11)7-6-21-10-13(19-20-21)8-17-15(24)18-12-4-2-3-5-12/h9-10,12H,2-8H2,1H3,(H2,17,18,24). The SMILES string of the molecule is Cc1ncc([N+](=O)[O-])n1CCn1cc(CNC(=O)NC2CCCC2)nn1. The van der Waals surface area contributed by atoms with Gasteiger partial charge in [0.25, 0.3) is 0 Å². The largest absolute Gasteiger partial charge is 0.358 e. The molecule has 1 saturated carbocycles. The summed E-state index contributed by atoms with van der Waals surface area (Å²) in [6, 6.07) is 0.0657. The lowest BCUT2D eigenvalue weighted by Crippen LogP contribution is -2.40. The van der Waals surface area contributed by atoms with Crippen LogP contribution in [0.1, 0.15) is 37.2 Å². The molecule has 0 aliphatic heterocycles. The number of carbonyl (C=O) groups is 1. The van der Waals surface area contributed by atoms with E-state index in [2.05, 4.69) is 25.9 Å². The van der Waals surface area contributed by atoms with E-state index < -0.39 is 4.92 Å². The summed E-state index contributed by atoms with van der Waals surface area (Å²) in [7, 11) is 0. The molecule has 0 saturated heterocycles. The minimum absolute atomic E-state index is 0.0481. The van der Waals surface area contributed by atoms with Crippen molar-refractivity contribution in [2.24, 2.45) is 0 Å². The van der Waals surface area contributed by atoms with E-state index in [0.717, 1.165) is 25.7 Å². The molecule has 11 nitrogen and oxygen atoms in total. The van der Waals surface area contributed by atoms with Crippen molar-refractivity contribution in [2.75, 3.05) is 0 Å². The van der Waals surface area contributed by atoms with E-state index >= 15 is 0 Å². The second-order valence-corrected chi connectivity index (χ2v) is 6.35. The maximum absolute atomic E-state index is 11.8. The molecule has 1 fully saturated rings. The van der Waals surface area contributed by atoms with E-state index in [1.54, 1.807) is 17.8 Å². The fourth-order valence-electron chi connectivity index (χ4n) is 3.09. The normalized spacial score (nSPS) is 14.5. The Morgan fingerprint density at radius 3 is 2.88 bits per heavy atom. The van der Waals surface area contributed by atoms with Crippen LogP contribution in [0.3, 0.4) is 0 Å². The van der Waals surface area contributed by atoms with Crippen molar-refractivity contribution in [3.8, 4) is 0 Å². The van der Waals surface area contributed by atoms with Crippen LogP contribution in [-0.4, -0.2) is 41.5 Å². The van der Waals surface area contributed by atoms with Gasteiger partial charge in [0.2, 0.25) is 0 Å². The van der Waals surface area contributed by atoms with E-state index in [-0.39, 0.29) is 24.4 Å². The number of imidazole rings is 1. The first kappa shape index (κ1) is 17.8. The molecule has 11 heteroatoms. The molecule has 0 atom stereocenters. The number of nitrogens with zero attached hydrogens (tertiary/aromatic N) is 6. The molecule has 26 heavy (non-hydrogen) atoms. The smallest absolute Gasteiger partial charge is 0.342 e. The lowest BCUT2D eigenvalue weighted by Gasteiger charge is -2.12. The molecule has 2 aromatic rings. The first-order chi connectivity index (χ1) is 12.5. The fourth-order valence-corrected chi connectivity index (χ4v) is 3.09. The summed E-state index contributed by atoms with van der Waals surface area (Å²) in [6.07, 6.45) is 7.34. The molecular weight excluding hydrogens is 340 g/mol. The predicted molar refractivity (Wildman–Crippen MR) is 91.3 cm³/mol. The lowest BCUT2D eigenvalue weighted by molar-refractivity contribution is -0.392. The molecule has 3 rings (SSSR count). The summed E-state index contributed by atoms with van der Waals surface area (Å²) in [5, 5.41) is 24.7. The highest BCUT2D eigenvalue weighted by Gasteiger charge is 2.18. The van der Waals surface area contributed by atoms with Crippen molar-refractivity contribution in [3.05, 3.63) is 34.0 Å². The third-order valence-corrected chi connectivity index (χ3v) is 4.48. The average molecular weight is 362 g/mol. The van der Waals surface area contributed by atoms with Gasteiger partial charge < -0.3 is 20.7 Å². The molecule has 1 aliphatic rings. The van der Waals surface area contributed by atoms with Gasteiger partial charge in [0.15, 0.2) is 5.82 Å². The molecule has 0 radical (unpaired) electrons. The summed E-state index contributed by atoms with van der Waals surface area (Å²) in [5.41, 5.74) is 0.628. The second kappa shape index (κ2) is 7.93. The Labute approximate surface area is 149 Å². The van der Waals surface area contributed by atoms with Gasteiger partial charge in [0.1, 0.15) is 18.4 Å². The summed E-state index contributed by atoms with van der Waals surface area (Å²) in [4.78, 5) is 26.3. The van der Waals surface area contributed by atoms with Crippen LogP contribution in [0.4, 0.5) is 10.6 Å². The zero-order valence-electron chi connectivity index (χ0n) is 14.6. The highest BCUT2D eigenvalue weighted by Crippen LogP contribution is 2.17. The van der Waals surface area contributed by atoms with Crippen molar-refractivity contribution in [2.45, 2.75) is 58.3 Å². The van der Waals surface area contributed by atoms with E-state index in [1.165, 1.54) is 10.8 Å². The molecular formula is C15H22N8O3. The van der Waals surface area contributed by atoms with E-state index in [0.29, 0.717) is 24.6 Å². The average Bonchev–Trinajstić information content (AvgIpc) is 3.32. The zero-order valence-corrected chi connectivity index (χ0v) is 14.6. The Balaban J connectivity index is 1.48. The monoisotopic (exact) mass is 362 g/mol. The molecule has 0 aromatic carbocycles. The number of carbonyl (C=O) groups excluding carboxylic acids is 1. The molecule has 0 unspecified atom stereocenters. The Bertz CT molecular complexity index is 778. The maximum atomic E-state index is 11.8. The van der Waals surface area contributed by atoms with Crippen LogP contribution in [0.5, 0.6) is 0 Å². The van der Waals surface area contributed by atoms with Gasteiger partial charge in [-0.1, -0.05) is 18.1 Å². The van der Waals surface area contributed by atoms with Crippen LogP contribution in [0.2, 0.25) is 0 Å². The minimum atomic E-state index is -0.459. The number of nitro groups is 1. The number of rotatable bonds is 7. The van der Waals surface area contributed by atoms with Gasteiger partial charge in [-0.15, -0.1) is 5.10 Å². The van der Waals surface area contributed by atoms with Gasteiger partial charge in [-0.05, 0) is 17.8 Å². The first-order valence-electron chi connectivity index (χ1n) is 8.63. The topological polar surface area (TPSA) is 133 Å². The van der Waals surface area contributed by atoms with Crippen LogP contribution in [0, 0.1) is 17.0 Å². The lowest BCUT2D eigenvalue weighted by atomic mass is 10.2. The van der Waals surface area contributed by atoms with Crippen molar-refractivity contribution in [1.82, 2.24) is 35.2 Å². The number of aromatic nitrogens is 5. The number of nitrogens with one attached hydrogen (secondary N) is 2. The number of aryl methyl sites for hydroxylation is 2.